The van der Waals surface area contributed by atoms with Crippen LogP contribution in [0.5, 0.6) is 0 Å². The first kappa shape index (κ1) is 15.1. The lowest BCUT2D eigenvalue weighted by atomic mass is 10.3. The molecule has 1 atom stereocenters. The van der Waals surface area contributed by atoms with Crippen molar-refractivity contribution in [3.05, 3.63) is 54.2 Å². The summed E-state index contributed by atoms with van der Waals surface area (Å²) in [4.78, 5) is 28.2. The van der Waals surface area contributed by atoms with Crippen molar-refractivity contribution >= 4 is 23.6 Å². The maximum absolute atomic E-state index is 12.1. The molecular weight excluding hydrogens is 288 g/mol. The van der Waals surface area contributed by atoms with Gasteiger partial charge in [-0.1, -0.05) is 30.0 Å². The number of nitrogens with two attached hydrogens (primary N) is 1. The second kappa shape index (κ2) is 6.90. The summed E-state index contributed by atoms with van der Waals surface area (Å²) in [6, 6.07) is 12.8. The zero-order chi connectivity index (χ0) is 15.2. The van der Waals surface area contributed by atoms with Crippen LogP contribution in [0.2, 0.25) is 0 Å². The number of primary amides is 1. The van der Waals surface area contributed by atoms with E-state index in [4.69, 9.17) is 10.5 Å². The summed E-state index contributed by atoms with van der Waals surface area (Å²) in [7, 11) is 0. The highest BCUT2D eigenvalue weighted by atomic mass is 32.2. The lowest BCUT2D eigenvalue weighted by Crippen LogP contribution is -2.30. The monoisotopic (exact) mass is 302 g/mol. The average molecular weight is 302 g/mol. The molecule has 0 saturated carbocycles. The summed E-state index contributed by atoms with van der Waals surface area (Å²) < 4.78 is 5.01. The van der Waals surface area contributed by atoms with Gasteiger partial charge in [-0.25, -0.2) is 9.78 Å². The molecule has 2 N–H and O–H groups in total. The summed E-state index contributed by atoms with van der Waals surface area (Å²) in [6.07, 6.45) is 0.617. The van der Waals surface area contributed by atoms with Crippen LogP contribution in [0.1, 0.15) is 17.3 Å². The minimum absolute atomic E-state index is 0.305. The quantitative estimate of drug-likeness (QED) is 0.857. The van der Waals surface area contributed by atoms with Crippen molar-refractivity contribution in [2.45, 2.75) is 22.9 Å². The number of amides is 1. The number of pyridine rings is 1. The molecule has 0 aliphatic rings. The Hall–Kier alpha value is -2.34. The van der Waals surface area contributed by atoms with Crippen molar-refractivity contribution in [1.29, 1.82) is 0 Å². The van der Waals surface area contributed by atoms with E-state index in [0.29, 0.717) is 10.6 Å². The Labute approximate surface area is 126 Å². The second-order valence-electron chi connectivity index (χ2n) is 4.22. The number of hydrogen-bond donors (Lipinski definition) is 1. The molecule has 2 rings (SSSR count). The second-order valence-corrected chi connectivity index (χ2v) is 5.28. The molecule has 1 aromatic heterocycles. The van der Waals surface area contributed by atoms with Crippen LogP contribution < -0.4 is 5.73 Å². The summed E-state index contributed by atoms with van der Waals surface area (Å²) in [5, 5.41) is 0.519. The number of hydrogen-bond acceptors (Lipinski definition) is 5. The first-order chi connectivity index (χ1) is 10.1. The van der Waals surface area contributed by atoms with Crippen LogP contribution >= 0.6 is 11.8 Å². The molecule has 5 nitrogen and oxygen atoms in total. The molecule has 0 radical (unpaired) electrons. The molecule has 0 spiro atoms. The Morgan fingerprint density at radius 2 is 1.90 bits per heavy atom. The maximum Gasteiger partial charge on any atom is 0.341 e. The van der Waals surface area contributed by atoms with E-state index in [2.05, 4.69) is 4.98 Å². The minimum atomic E-state index is -0.979. The van der Waals surface area contributed by atoms with Crippen molar-refractivity contribution in [3.63, 3.8) is 0 Å². The molecule has 2 aromatic rings. The van der Waals surface area contributed by atoms with Gasteiger partial charge in [0.15, 0.2) is 6.10 Å². The molecule has 0 aliphatic carbocycles. The smallest absolute Gasteiger partial charge is 0.341 e. The average Bonchev–Trinajstić information content (AvgIpc) is 2.48. The minimum Gasteiger partial charge on any atom is -0.449 e. The number of esters is 1. The van der Waals surface area contributed by atoms with Crippen LogP contribution in [0.15, 0.2) is 58.6 Å². The van der Waals surface area contributed by atoms with E-state index in [0.717, 1.165) is 4.90 Å². The van der Waals surface area contributed by atoms with Gasteiger partial charge in [0, 0.05) is 11.1 Å². The van der Waals surface area contributed by atoms with E-state index >= 15 is 0 Å². The summed E-state index contributed by atoms with van der Waals surface area (Å²) in [5.41, 5.74) is 5.39. The van der Waals surface area contributed by atoms with Gasteiger partial charge in [-0.15, -0.1) is 0 Å². The maximum atomic E-state index is 12.1. The molecule has 1 aromatic carbocycles. The van der Waals surface area contributed by atoms with Gasteiger partial charge in [-0.2, -0.15) is 0 Å². The predicted octanol–water partition coefficient (Wildman–Crippen LogP) is 2.26. The van der Waals surface area contributed by atoms with Crippen molar-refractivity contribution in [3.8, 4) is 0 Å². The number of nitrogens with zero attached hydrogens (tertiary/aromatic N) is 1. The third-order valence-electron chi connectivity index (χ3n) is 2.63. The fourth-order valence-corrected chi connectivity index (χ4v) is 2.40. The Morgan fingerprint density at radius 1 is 1.19 bits per heavy atom. The predicted molar refractivity (Wildman–Crippen MR) is 78.9 cm³/mol. The molecule has 0 aliphatic heterocycles. The largest absolute Gasteiger partial charge is 0.449 e. The van der Waals surface area contributed by atoms with Gasteiger partial charge in [-0.3, -0.25) is 4.79 Å². The van der Waals surface area contributed by atoms with Gasteiger partial charge in [0.25, 0.3) is 5.91 Å². The highest BCUT2D eigenvalue weighted by molar-refractivity contribution is 7.99. The zero-order valence-electron chi connectivity index (χ0n) is 11.4. The highest BCUT2D eigenvalue weighted by Crippen LogP contribution is 2.28. The van der Waals surface area contributed by atoms with Crippen molar-refractivity contribution in [2.75, 3.05) is 0 Å². The van der Waals surface area contributed by atoms with E-state index in [1.165, 1.54) is 18.7 Å². The van der Waals surface area contributed by atoms with Crippen molar-refractivity contribution in [1.82, 2.24) is 4.98 Å². The van der Waals surface area contributed by atoms with E-state index in [1.807, 2.05) is 30.3 Å². The normalized spacial score (nSPS) is 11.7. The van der Waals surface area contributed by atoms with Crippen LogP contribution in [0, 0.1) is 0 Å². The third-order valence-corrected chi connectivity index (χ3v) is 3.66. The first-order valence-electron chi connectivity index (χ1n) is 6.26. The molecular formula is C15H14N2O3S. The molecule has 1 amide bonds. The summed E-state index contributed by atoms with van der Waals surface area (Å²) in [6.45, 7) is 1.43. The Kier molecular flexibility index (Phi) is 4.94. The highest BCUT2D eigenvalue weighted by Gasteiger charge is 2.19. The fraction of sp³-hybridized carbons (Fsp3) is 0.133. The van der Waals surface area contributed by atoms with Crippen molar-refractivity contribution in [2.24, 2.45) is 5.73 Å². The summed E-state index contributed by atoms with van der Waals surface area (Å²) in [5.74, 6) is -1.31. The number of carbonyl (C=O) groups is 2. The van der Waals surface area contributed by atoms with Gasteiger partial charge in [0.05, 0.1) is 5.56 Å². The van der Waals surface area contributed by atoms with E-state index in [1.54, 1.807) is 18.3 Å². The molecule has 0 saturated heterocycles. The van der Waals surface area contributed by atoms with Crippen LogP contribution in [0.25, 0.3) is 0 Å². The number of benzene rings is 1. The lowest BCUT2D eigenvalue weighted by molar-refractivity contribution is -0.125. The molecule has 21 heavy (non-hydrogen) atoms. The number of ether oxygens (including phenoxy) is 1. The van der Waals surface area contributed by atoms with E-state index < -0.39 is 18.0 Å². The fourth-order valence-electron chi connectivity index (χ4n) is 1.51. The number of carbonyl (C=O) groups excluding carboxylic acids is 2. The van der Waals surface area contributed by atoms with Crippen LogP contribution in [-0.4, -0.2) is 23.0 Å². The molecule has 0 unspecified atom stereocenters. The van der Waals surface area contributed by atoms with E-state index in [9.17, 15) is 9.59 Å². The Balaban J connectivity index is 2.20. The summed E-state index contributed by atoms with van der Waals surface area (Å²) >= 11 is 1.35. The van der Waals surface area contributed by atoms with Gasteiger partial charge >= 0.3 is 5.97 Å². The Bertz CT molecular complexity index is 646. The van der Waals surface area contributed by atoms with Gasteiger partial charge in [0.2, 0.25) is 0 Å². The topological polar surface area (TPSA) is 82.3 Å². The molecule has 6 heteroatoms. The molecule has 0 fully saturated rings. The van der Waals surface area contributed by atoms with Crippen molar-refractivity contribution < 1.29 is 14.3 Å². The van der Waals surface area contributed by atoms with Crippen LogP contribution in [0.3, 0.4) is 0 Å². The van der Waals surface area contributed by atoms with E-state index in [-0.39, 0.29) is 0 Å². The molecule has 1 heterocycles. The standard InChI is InChI=1S/C15H14N2O3S/c1-10(13(16)18)20-15(19)12-8-5-9-17-14(12)21-11-6-3-2-4-7-11/h2-10H,1H3,(H2,16,18)/t10-/m1/s1. The van der Waals surface area contributed by atoms with Gasteiger partial charge in [0.1, 0.15) is 5.03 Å². The van der Waals surface area contributed by atoms with Gasteiger partial charge in [-0.05, 0) is 31.2 Å². The van der Waals surface area contributed by atoms with Crippen LogP contribution in [0.4, 0.5) is 0 Å². The SMILES string of the molecule is C[C@@H](OC(=O)c1cccnc1Sc1ccccc1)C(N)=O. The van der Waals surface area contributed by atoms with Gasteiger partial charge < -0.3 is 10.5 Å². The Morgan fingerprint density at radius 3 is 2.57 bits per heavy atom. The zero-order valence-corrected chi connectivity index (χ0v) is 12.2. The molecule has 0 bridgehead atoms. The first-order valence-corrected chi connectivity index (χ1v) is 7.08. The molecule has 108 valence electrons. The third kappa shape index (κ3) is 4.06. The lowest BCUT2D eigenvalue weighted by Gasteiger charge is -2.11. The number of aromatic nitrogens is 1. The number of rotatable bonds is 5. The van der Waals surface area contributed by atoms with Crippen LogP contribution in [-0.2, 0) is 9.53 Å².